The van der Waals surface area contributed by atoms with Crippen LogP contribution in [0.25, 0.3) is 0 Å². The zero-order chi connectivity index (χ0) is 13.4. The summed E-state index contributed by atoms with van der Waals surface area (Å²) < 4.78 is 36.5. The molecule has 5 nitrogen and oxygen atoms in total. The van der Waals surface area contributed by atoms with E-state index in [-0.39, 0.29) is 6.07 Å². The van der Waals surface area contributed by atoms with Gasteiger partial charge in [0.2, 0.25) is 0 Å². The molecule has 1 rings (SSSR count). The maximum Gasteiger partial charge on any atom is 0.416 e. The van der Waals surface area contributed by atoms with Crippen molar-refractivity contribution >= 4 is 27.6 Å². The van der Waals surface area contributed by atoms with E-state index in [2.05, 4.69) is 15.9 Å². The van der Waals surface area contributed by atoms with E-state index in [0.29, 0.717) is 6.07 Å². The van der Waals surface area contributed by atoms with Crippen LogP contribution in [0.4, 0.5) is 18.9 Å². The summed E-state index contributed by atoms with van der Waals surface area (Å²) in [6, 6.07) is 0.690. The number of halogens is 4. The van der Waals surface area contributed by atoms with Crippen LogP contribution >= 0.6 is 15.9 Å². The number of benzene rings is 1. The molecule has 0 heterocycles. The van der Waals surface area contributed by atoms with E-state index in [1.165, 1.54) is 0 Å². The minimum Gasteiger partial charge on any atom is -0.477 e. The van der Waals surface area contributed by atoms with Crippen molar-refractivity contribution in [1.29, 1.82) is 0 Å². The highest BCUT2D eigenvalue weighted by Crippen LogP contribution is 2.37. The minimum atomic E-state index is -4.78. The Balaban J connectivity index is 3.58. The molecule has 0 saturated heterocycles. The third kappa shape index (κ3) is 2.73. The number of alkyl halides is 3. The van der Waals surface area contributed by atoms with Crippen molar-refractivity contribution in [3.63, 3.8) is 0 Å². The number of carbonyl (C=O) groups is 1. The molecule has 17 heavy (non-hydrogen) atoms. The predicted molar refractivity (Wildman–Crippen MR) is 52.8 cm³/mol. The molecule has 0 bridgehead atoms. The Hall–Kier alpha value is -1.64. The van der Waals surface area contributed by atoms with Crippen LogP contribution in [-0.4, -0.2) is 16.0 Å². The van der Waals surface area contributed by atoms with Crippen LogP contribution in [0, 0.1) is 10.1 Å². The lowest BCUT2D eigenvalue weighted by Crippen LogP contribution is -2.10. The van der Waals surface area contributed by atoms with Crippen LogP contribution in [0.5, 0.6) is 0 Å². The topological polar surface area (TPSA) is 80.4 Å². The maximum atomic E-state index is 12.4. The van der Waals surface area contributed by atoms with E-state index >= 15 is 0 Å². The Kier molecular flexibility index (Phi) is 3.41. The van der Waals surface area contributed by atoms with Crippen molar-refractivity contribution in [2.75, 3.05) is 0 Å². The van der Waals surface area contributed by atoms with Crippen molar-refractivity contribution in [3.8, 4) is 0 Å². The molecule has 0 radical (unpaired) electrons. The van der Waals surface area contributed by atoms with Gasteiger partial charge in [-0.3, -0.25) is 10.1 Å². The Morgan fingerprint density at radius 1 is 1.41 bits per heavy atom. The largest absolute Gasteiger partial charge is 0.477 e. The lowest BCUT2D eigenvalue weighted by Gasteiger charge is -2.08. The Bertz CT molecular complexity index is 500. The first-order chi connectivity index (χ1) is 7.64. The molecule has 0 saturated carbocycles. The van der Waals surface area contributed by atoms with Crippen molar-refractivity contribution in [2.45, 2.75) is 6.18 Å². The molecule has 0 atom stereocenters. The highest BCUT2D eigenvalue weighted by atomic mass is 79.9. The van der Waals surface area contributed by atoms with E-state index in [1.54, 1.807) is 0 Å². The van der Waals surface area contributed by atoms with Gasteiger partial charge in [-0.25, -0.2) is 4.79 Å². The second kappa shape index (κ2) is 4.32. The van der Waals surface area contributed by atoms with Gasteiger partial charge in [-0.1, -0.05) is 0 Å². The normalized spacial score (nSPS) is 11.3. The van der Waals surface area contributed by atoms with Gasteiger partial charge in [-0.05, 0) is 28.1 Å². The van der Waals surface area contributed by atoms with Gasteiger partial charge in [0.25, 0.3) is 5.69 Å². The Morgan fingerprint density at radius 2 is 1.94 bits per heavy atom. The molecule has 0 amide bonds. The number of hydrogen-bond acceptors (Lipinski definition) is 3. The summed E-state index contributed by atoms with van der Waals surface area (Å²) in [5, 5.41) is 19.2. The summed E-state index contributed by atoms with van der Waals surface area (Å²) in [6.07, 6.45) is -4.78. The molecule has 92 valence electrons. The fourth-order valence-electron chi connectivity index (χ4n) is 1.11. The van der Waals surface area contributed by atoms with Crippen LogP contribution < -0.4 is 0 Å². The van der Waals surface area contributed by atoms with Crippen LogP contribution in [0.1, 0.15) is 15.9 Å². The average molecular weight is 314 g/mol. The summed E-state index contributed by atoms with van der Waals surface area (Å²) in [5.41, 5.74) is -3.20. The van der Waals surface area contributed by atoms with Crippen LogP contribution in [0.3, 0.4) is 0 Å². The fraction of sp³-hybridized carbons (Fsp3) is 0.125. The summed E-state index contributed by atoms with van der Waals surface area (Å²) in [4.78, 5) is 20.1. The van der Waals surface area contributed by atoms with E-state index in [0.717, 1.165) is 0 Å². The molecule has 0 spiro atoms. The Morgan fingerprint density at radius 3 is 2.29 bits per heavy atom. The molecular formula is C8H3BrF3NO4. The Labute approximate surface area is 100 Å². The number of nitro groups is 1. The van der Waals surface area contributed by atoms with Crippen molar-refractivity contribution in [1.82, 2.24) is 0 Å². The highest BCUT2D eigenvalue weighted by molar-refractivity contribution is 9.10. The summed E-state index contributed by atoms with van der Waals surface area (Å²) in [5.74, 6) is -1.80. The van der Waals surface area contributed by atoms with Crippen LogP contribution in [0.15, 0.2) is 16.6 Å². The van der Waals surface area contributed by atoms with E-state index in [9.17, 15) is 28.1 Å². The zero-order valence-corrected chi connectivity index (χ0v) is 9.37. The van der Waals surface area contributed by atoms with Gasteiger partial charge in [0.15, 0.2) is 0 Å². The molecule has 0 fully saturated rings. The van der Waals surface area contributed by atoms with Gasteiger partial charge in [0.1, 0.15) is 5.56 Å². The van der Waals surface area contributed by atoms with E-state index < -0.39 is 38.4 Å². The number of nitro benzene ring substituents is 1. The number of nitrogens with zero attached hydrogens (tertiary/aromatic N) is 1. The number of hydrogen-bond donors (Lipinski definition) is 1. The number of aromatic carboxylic acids is 1. The first-order valence-corrected chi connectivity index (χ1v) is 4.72. The molecule has 0 unspecified atom stereocenters. The molecule has 0 aliphatic carbocycles. The highest BCUT2D eigenvalue weighted by Gasteiger charge is 2.35. The van der Waals surface area contributed by atoms with Crippen molar-refractivity contribution < 1.29 is 28.0 Å². The van der Waals surface area contributed by atoms with Gasteiger partial charge in [-0.2, -0.15) is 13.2 Å². The quantitative estimate of drug-likeness (QED) is 0.672. The SMILES string of the molecule is O=C(O)c1cc(C(F)(F)F)cc(Br)c1[N+](=O)[O-]. The third-order valence-corrected chi connectivity index (χ3v) is 2.41. The smallest absolute Gasteiger partial charge is 0.416 e. The number of carboxylic acid groups (broad SMARTS) is 1. The standard InChI is InChI=1S/C8H3BrF3NO4/c9-5-2-3(8(10,11)12)1-4(7(14)15)6(5)13(16)17/h1-2H,(H,14,15). The fourth-order valence-corrected chi connectivity index (χ4v) is 1.72. The van der Waals surface area contributed by atoms with Crippen molar-refractivity contribution in [3.05, 3.63) is 37.8 Å². The maximum absolute atomic E-state index is 12.4. The zero-order valence-electron chi connectivity index (χ0n) is 7.79. The van der Waals surface area contributed by atoms with Crippen molar-refractivity contribution in [2.24, 2.45) is 0 Å². The summed E-state index contributed by atoms with van der Waals surface area (Å²) in [7, 11) is 0. The minimum absolute atomic E-state index is 0.227. The van der Waals surface area contributed by atoms with Gasteiger partial charge in [0.05, 0.1) is 15.0 Å². The second-order valence-corrected chi connectivity index (χ2v) is 3.77. The molecule has 0 aliphatic heterocycles. The molecule has 9 heteroatoms. The lowest BCUT2D eigenvalue weighted by molar-refractivity contribution is -0.386. The van der Waals surface area contributed by atoms with Crippen LogP contribution in [0.2, 0.25) is 0 Å². The molecule has 1 aromatic carbocycles. The van der Waals surface area contributed by atoms with Crippen LogP contribution in [-0.2, 0) is 6.18 Å². The second-order valence-electron chi connectivity index (χ2n) is 2.91. The molecule has 0 aliphatic rings. The third-order valence-electron chi connectivity index (χ3n) is 1.80. The first kappa shape index (κ1) is 13.4. The van der Waals surface area contributed by atoms with Gasteiger partial charge >= 0.3 is 12.1 Å². The molecular weight excluding hydrogens is 311 g/mol. The lowest BCUT2D eigenvalue weighted by atomic mass is 10.1. The van der Waals surface area contributed by atoms with E-state index in [1.807, 2.05) is 0 Å². The molecule has 1 N–H and O–H groups in total. The van der Waals surface area contributed by atoms with Gasteiger partial charge in [0, 0.05) is 0 Å². The number of carboxylic acids is 1. The predicted octanol–water partition coefficient (Wildman–Crippen LogP) is 3.07. The van der Waals surface area contributed by atoms with Gasteiger partial charge < -0.3 is 5.11 Å². The summed E-state index contributed by atoms with van der Waals surface area (Å²) in [6.45, 7) is 0. The van der Waals surface area contributed by atoms with E-state index in [4.69, 9.17) is 5.11 Å². The first-order valence-electron chi connectivity index (χ1n) is 3.93. The average Bonchev–Trinajstić information content (AvgIpc) is 2.13. The monoisotopic (exact) mass is 313 g/mol. The summed E-state index contributed by atoms with van der Waals surface area (Å²) >= 11 is 2.55. The van der Waals surface area contributed by atoms with Gasteiger partial charge in [-0.15, -0.1) is 0 Å². The molecule has 1 aromatic rings. The number of rotatable bonds is 2. The molecule has 0 aromatic heterocycles.